The van der Waals surface area contributed by atoms with Gasteiger partial charge in [-0.05, 0) is 31.0 Å². The van der Waals surface area contributed by atoms with Gasteiger partial charge in [0.05, 0.1) is 10.9 Å². The van der Waals surface area contributed by atoms with Crippen LogP contribution in [-0.2, 0) is 26.0 Å². The van der Waals surface area contributed by atoms with Crippen LogP contribution in [0, 0.1) is 11.8 Å². The van der Waals surface area contributed by atoms with Gasteiger partial charge in [-0.3, -0.25) is 9.59 Å². The Morgan fingerprint density at radius 2 is 1.78 bits per heavy atom. The van der Waals surface area contributed by atoms with E-state index in [2.05, 4.69) is 0 Å². The van der Waals surface area contributed by atoms with Crippen LogP contribution in [0.1, 0.15) is 26.3 Å². The summed E-state index contributed by atoms with van der Waals surface area (Å²) in [7, 11) is -0.785. The second-order valence-corrected chi connectivity index (χ2v) is 8.50. The van der Waals surface area contributed by atoms with Gasteiger partial charge in [0.1, 0.15) is 16.5 Å². The molecule has 128 valence electrons. The number of carbonyl (C=O) groups excluding carboxylic acids is 2. The Balaban J connectivity index is 3.15. The summed E-state index contributed by atoms with van der Waals surface area (Å²) in [6.07, 6.45) is 0.217. The number of sulfonamides is 1. The first-order chi connectivity index (χ1) is 10.5. The number of hydrogen-bond acceptors (Lipinski definition) is 4. The van der Waals surface area contributed by atoms with E-state index in [9.17, 15) is 18.0 Å². The molecule has 1 atom stereocenters. The van der Waals surface area contributed by atoms with Gasteiger partial charge in [0, 0.05) is 20.0 Å². The van der Waals surface area contributed by atoms with E-state index in [0.29, 0.717) is 5.56 Å². The van der Waals surface area contributed by atoms with Crippen molar-refractivity contribution in [3.8, 4) is 0 Å². The van der Waals surface area contributed by atoms with Crippen molar-refractivity contribution >= 4 is 33.2 Å². The minimum Gasteiger partial charge on any atom is -0.299 e. The predicted molar refractivity (Wildman–Crippen MR) is 90.0 cm³/mol. The number of rotatable bonds is 7. The van der Waals surface area contributed by atoms with Gasteiger partial charge < -0.3 is 0 Å². The van der Waals surface area contributed by atoms with E-state index in [0.717, 1.165) is 4.31 Å². The Hall–Kier alpha value is -1.24. The zero-order valence-corrected chi connectivity index (χ0v) is 15.5. The van der Waals surface area contributed by atoms with E-state index in [1.807, 2.05) is 0 Å². The SMILES string of the molecule is CC(=O)C(Cc1ccc(S(=O)(=O)N(C)C)c(Cl)c1)C(=O)C(C)C. The normalized spacial score (nSPS) is 13.4. The van der Waals surface area contributed by atoms with Crippen molar-refractivity contribution in [2.45, 2.75) is 32.1 Å². The summed E-state index contributed by atoms with van der Waals surface area (Å²) < 4.78 is 25.3. The molecule has 7 heteroatoms. The van der Waals surface area contributed by atoms with Crippen molar-refractivity contribution in [1.29, 1.82) is 0 Å². The summed E-state index contributed by atoms with van der Waals surface area (Å²) in [5.41, 5.74) is 0.655. The Morgan fingerprint density at radius 3 is 2.17 bits per heavy atom. The molecular weight excluding hydrogens is 338 g/mol. The van der Waals surface area contributed by atoms with Crippen LogP contribution in [0.2, 0.25) is 5.02 Å². The highest BCUT2D eigenvalue weighted by Gasteiger charge is 2.27. The highest BCUT2D eigenvalue weighted by atomic mass is 35.5. The highest BCUT2D eigenvalue weighted by Crippen LogP contribution is 2.26. The number of halogens is 1. The fraction of sp³-hybridized carbons (Fsp3) is 0.500. The molecule has 0 spiro atoms. The fourth-order valence-corrected chi connectivity index (χ4v) is 3.59. The second-order valence-electron chi connectivity index (χ2n) is 5.98. The Labute approximate surface area is 142 Å². The molecule has 0 heterocycles. The van der Waals surface area contributed by atoms with Gasteiger partial charge in [-0.1, -0.05) is 31.5 Å². The molecule has 1 aromatic carbocycles. The number of hydrogen-bond donors (Lipinski definition) is 0. The lowest BCUT2D eigenvalue weighted by Crippen LogP contribution is -2.28. The molecular formula is C16H22ClNO4S. The van der Waals surface area contributed by atoms with Crippen LogP contribution in [0.5, 0.6) is 0 Å². The minimum atomic E-state index is -3.63. The summed E-state index contributed by atoms with van der Waals surface area (Å²) in [6.45, 7) is 4.88. The molecule has 0 aliphatic rings. The smallest absolute Gasteiger partial charge is 0.244 e. The average molecular weight is 360 g/mol. The topological polar surface area (TPSA) is 71.5 Å². The minimum absolute atomic E-state index is 0.00229. The summed E-state index contributed by atoms with van der Waals surface area (Å²) in [5.74, 6) is -1.31. The maximum atomic E-state index is 12.1. The molecule has 0 N–H and O–H groups in total. The second kappa shape index (κ2) is 7.55. The van der Waals surface area contributed by atoms with Crippen molar-refractivity contribution in [2.24, 2.45) is 11.8 Å². The largest absolute Gasteiger partial charge is 0.299 e. The van der Waals surface area contributed by atoms with Crippen LogP contribution < -0.4 is 0 Å². The first-order valence-corrected chi connectivity index (χ1v) is 9.05. The molecule has 23 heavy (non-hydrogen) atoms. The molecule has 5 nitrogen and oxygen atoms in total. The monoisotopic (exact) mass is 359 g/mol. The molecule has 0 saturated heterocycles. The number of benzene rings is 1. The van der Waals surface area contributed by atoms with Crippen molar-refractivity contribution in [1.82, 2.24) is 4.31 Å². The Morgan fingerprint density at radius 1 is 1.22 bits per heavy atom. The molecule has 0 aromatic heterocycles. The van der Waals surface area contributed by atoms with E-state index in [4.69, 9.17) is 11.6 Å². The molecule has 1 unspecified atom stereocenters. The maximum absolute atomic E-state index is 12.1. The molecule has 0 bridgehead atoms. The average Bonchev–Trinajstić information content (AvgIpc) is 2.43. The lowest BCUT2D eigenvalue weighted by molar-refractivity contribution is -0.133. The number of ketones is 2. The summed E-state index contributed by atoms with van der Waals surface area (Å²) in [5, 5.41) is 0.0792. The standard InChI is InChI=1S/C16H22ClNO4S/c1-10(2)16(20)13(11(3)19)8-12-6-7-15(14(17)9-12)23(21,22)18(4)5/h6-7,9-10,13H,8H2,1-5H3. The Bertz CT molecular complexity index is 711. The zero-order chi connectivity index (χ0) is 17.9. The third-order valence-electron chi connectivity index (χ3n) is 3.60. The third kappa shape index (κ3) is 4.62. The molecule has 0 fully saturated rings. The molecule has 0 radical (unpaired) electrons. The van der Waals surface area contributed by atoms with Gasteiger partial charge in [0.15, 0.2) is 0 Å². The number of nitrogens with zero attached hydrogens (tertiary/aromatic N) is 1. The summed E-state index contributed by atoms with van der Waals surface area (Å²) in [6, 6.07) is 4.50. The van der Waals surface area contributed by atoms with E-state index in [-0.39, 0.29) is 33.8 Å². The van der Waals surface area contributed by atoms with Gasteiger partial charge in [0.25, 0.3) is 0 Å². The molecule has 0 aliphatic carbocycles. The molecule has 0 aliphatic heterocycles. The zero-order valence-electron chi connectivity index (χ0n) is 14.0. The molecule has 0 amide bonds. The third-order valence-corrected chi connectivity index (χ3v) is 5.90. The number of Topliss-reactive ketones (excluding diaryl/α,β-unsaturated/α-hetero) is 2. The molecule has 1 aromatic rings. The highest BCUT2D eigenvalue weighted by molar-refractivity contribution is 7.89. The van der Waals surface area contributed by atoms with Crippen molar-refractivity contribution < 1.29 is 18.0 Å². The first kappa shape index (κ1) is 19.8. The van der Waals surface area contributed by atoms with Crippen molar-refractivity contribution in [3.63, 3.8) is 0 Å². The van der Waals surface area contributed by atoms with Crippen LogP contribution >= 0.6 is 11.6 Å². The van der Waals surface area contributed by atoms with E-state index in [1.54, 1.807) is 19.9 Å². The van der Waals surface area contributed by atoms with E-state index >= 15 is 0 Å². The number of carbonyl (C=O) groups is 2. The molecule has 1 rings (SSSR count). The van der Waals surface area contributed by atoms with Gasteiger partial charge in [-0.25, -0.2) is 12.7 Å². The molecule has 0 saturated carbocycles. The van der Waals surface area contributed by atoms with Gasteiger partial charge >= 0.3 is 0 Å². The van der Waals surface area contributed by atoms with Crippen LogP contribution in [0.15, 0.2) is 23.1 Å². The summed E-state index contributed by atoms with van der Waals surface area (Å²) >= 11 is 6.09. The maximum Gasteiger partial charge on any atom is 0.244 e. The first-order valence-electron chi connectivity index (χ1n) is 7.23. The van der Waals surface area contributed by atoms with Gasteiger partial charge in [0.2, 0.25) is 10.0 Å². The van der Waals surface area contributed by atoms with Crippen molar-refractivity contribution in [3.05, 3.63) is 28.8 Å². The van der Waals surface area contributed by atoms with Crippen LogP contribution in [0.3, 0.4) is 0 Å². The van der Waals surface area contributed by atoms with Crippen molar-refractivity contribution in [2.75, 3.05) is 14.1 Å². The van der Waals surface area contributed by atoms with Crippen LogP contribution in [-0.4, -0.2) is 38.4 Å². The lowest BCUT2D eigenvalue weighted by atomic mass is 9.87. The van der Waals surface area contributed by atoms with Gasteiger partial charge in [-0.15, -0.1) is 0 Å². The lowest BCUT2D eigenvalue weighted by Gasteiger charge is -2.17. The van der Waals surface area contributed by atoms with E-state index in [1.165, 1.54) is 33.2 Å². The Kier molecular flexibility index (Phi) is 6.50. The van der Waals surface area contributed by atoms with Gasteiger partial charge in [-0.2, -0.15) is 0 Å². The summed E-state index contributed by atoms with van der Waals surface area (Å²) in [4.78, 5) is 23.9. The quantitative estimate of drug-likeness (QED) is 0.701. The predicted octanol–water partition coefficient (Wildman–Crippen LogP) is 2.56. The van der Waals surface area contributed by atoms with Crippen LogP contribution in [0.4, 0.5) is 0 Å². The van der Waals surface area contributed by atoms with E-state index < -0.39 is 15.9 Å². The fourth-order valence-electron chi connectivity index (χ4n) is 2.16. The van der Waals surface area contributed by atoms with Crippen LogP contribution in [0.25, 0.3) is 0 Å².